The maximum atomic E-state index is 13.7. The fraction of sp³-hybridized carbons (Fsp3) is 0.222. The van der Waals surface area contributed by atoms with Gasteiger partial charge >= 0.3 is 0 Å². The van der Waals surface area contributed by atoms with E-state index in [0.29, 0.717) is 0 Å². The Hall–Kier alpha value is -2.76. The quantitative estimate of drug-likeness (QED) is 0.941. The minimum atomic E-state index is -1.17. The van der Waals surface area contributed by atoms with E-state index in [-0.39, 0.29) is 30.4 Å². The van der Waals surface area contributed by atoms with Crippen molar-refractivity contribution < 1.29 is 18.4 Å². The lowest BCUT2D eigenvalue weighted by atomic mass is 9.89. The lowest BCUT2D eigenvalue weighted by molar-refractivity contribution is -0.119. The number of nitrogens with one attached hydrogen (secondary N) is 1. The van der Waals surface area contributed by atoms with E-state index in [1.807, 2.05) is 24.3 Å². The minimum absolute atomic E-state index is 0.0510. The van der Waals surface area contributed by atoms with Crippen LogP contribution < -0.4 is 10.2 Å². The van der Waals surface area contributed by atoms with E-state index in [9.17, 15) is 18.4 Å². The summed E-state index contributed by atoms with van der Waals surface area (Å²) >= 11 is 0. The smallest absolute Gasteiger partial charge is 0.254 e. The predicted octanol–water partition coefficient (Wildman–Crippen LogP) is 2.84. The molecule has 1 heterocycles. The third-order valence-electron chi connectivity index (χ3n) is 4.24. The molecule has 0 fully saturated rings. The third-order valence-corrected chi connectivity index (χ3v) is 4.24. The number of rotatable bonds is 3. The van der Waals surface area contributed by atoms with Gasteiger partial charge in [-0.15, -0.1) is 0 Å². The first-order chi connectivity index (χ1) is 11.5. The van der Waals surface area contributed by atoms with E-state index in [2.05, 4.69) is 5.32 Å². The number of halogens is 2. The normalized spacial score (nSPS) is 16.7. The van der Waals surface area contributed by atoms with Crippen molar-refractivity contribution in [1.29, 1.82) is 0 Å². The third kappa shape index (κ3) is 2.87. The summed E-state index contributed by atoms with van der Waals surface area (Å²) < 4.78 is 26.9. The van der Waals surface area contributed by atoms with Crippen molar-refractivity contribution in [2.24, 2.45) is 0 Å². The van der Waals surface area contributed by atoms with Gasteiger partial charge in [0.1, 0.15) is 0 Å². The van der Waals surface area contributed by atoms with Gasteiger partial charge in [0, 0.05) is 31.6 Å². The number of carbonyl (C=O) groups is 2. The molecular formula is C18H16F2N2O2. The monoisotopic (exact) mass is 330 g/mol. The van der Waals surface area contributed by atoms with Gasteiger partial charge in [0.15, 0.2) is 11.6 Å². The second-order valence-electron chi connectivity index (χ2n) is 5.72. The molecule has 6 heteroatoms. The molecule has 24 heavy (non-hydrogen) atoms. The molecule has 0 spiro atoms. The van der Waals surface area contributed by atoms with E-state index < -0.39 is 17.5 Å². The zero-order valence-corrected chi connectivity index (χ0v) is 13.1. The van der Waals surface area contributed by atoms with Gasteiger partial charge in [0.05, 0.1) is 5.56 Å². The zero-order valence-electron chi connectivity index (χ0n) is 13.1. The second-order valence-corrected chi connectivity index (χ2v) is 5.72. The standard InChI is InChI=1S/C18H16F2N2O2/c1-22-15-8-3-2-5-12(15)11(9-16(22)23)10-21-18(24)13-6-4-7-14(19)17(13)20/h2-8,11H,9-10H2,1H3,(H,21,24)/t11-/m0/s1. The Labute approximate surface area is 138 Å². The van der Waals surface area contributed by atoms with Crippen LogP contribution in [-0.2, 0) is 4.79 Å². The van der Waals surface area contributed by atoms with Crippen LogP contribution >= 0.6 is 0 Å². The van der Waals surface area contributed by atoms with Crippen molar-refractivity contribution in [2.75, 3.05) is 18.5 Å². The fourth-order valence-electron chi connectivity index (χ4n) is 2.90. The second kappa shape index (κ2) is 6.39. The van der Waals surface area contributed by atoms with E-state index in [0.717, 1.165) is 17.3 Å². The first-order valence-corrected chi connectivity index (χ1v) is 7.56. The van der Waals surface area contributed by atoms with Crippen LogP contribution in [0.4, 0.5) is 14.5 Å². The minimum Gasteiger partial charge on any atom is -0.351 e. The van der Waals surface area contributed by atoms with Crippen LogP contribution in [0.15, 0.2) is 42.5 Å². The number of benzene rings is 2. The molecule has 0 aliphatic carbocycles. The number of hydrogen-bond acceptors (Lipinski definition) is 2. The van der Waals surface area contributed by atoms with Crippen molar-refractivity contribution in [2.45, 2.75) is 12.3 Å². The average molecular weight is 330 g/mol. The van der Waals surface area contributed by atoms with Gasteiger partial charge in [-0.1, -0.05) is 24.3 Å². The van der Waals surface area contributed by atoms with Crippen LogP contribution in [0.25, 0.3) is 0 Å². The first-order valence-electron chi connectivity index (χ1n) is 7.56. The van der Waals surface area contributed by atoms with Crippen molar-refractivity contribution in [3.8, 4) is 0 Å². The predicted molar refractivity (Wildman–Crippen MR) is 85.9 cm³/mol. The largest absolute Gasteiger partial charge is 0.351 e. The Morgan fingerprint density at radius 2 is 1.96 bits per heavy atom. The SMILES string of the molecule is CN1C(=O)C[C@@H](CNC(=O)c2cccc(F)c2F)c2ccccc21. The molecule has 1 aliphatic rings. The molecule has 0 bridgehead atoms. The average Bonchev–Trinajstić information content (AvgIpc) is 2.59. The molecule has 1 atom stereocenters. The molecule has 2 aromatic rings. The lowest BCUT2D eigenvalue weighted by Crippen LogP contribution is -2.37. The summed E-state index contributed by atoms with van der Waals surface area (Å²) in [5.74, 6) is -3.19. The number of amides is 2. The highest BCUT2D eigenvalue weighted by Gasteiger charge is 2.29. The Bertz CT molecular complexity index is 807. The van der Waals surface area contributed by atoms with Gasteiger partial charge < -0.3 is 10.2 Å². The van der Waals surface area contributed by atoms with Crippen LogP contribution in [0.3, 0.4) is 0 Å². The molecule has 0 saturated carbocycles. The van der Waals surface area contributed by atoms with Gasteiger partial charge in [0.25, 0.3) is 5.91 Å². The van der Waals surface area contributed by atoms with Crippen LogP contribution in [0.2, 0.25) is 0 Å². The number of carbonyl (C=O) groups excluding carboxylic acids is 2. The zero-order chi connectivity index (χ0) is 17.3. The Morgan fingerprint density at radius 1 is 1.21 bits per heavy atom. The highest BCUT2D eigenvalue weighted by molar-refractivity contribution is 5.97. The summed E-state index contributed by atoms with van der Waals surface area (Å²) in [4.78, 5) is 25.8. The van der Waals surface area contributed by atoms with E-state index in [1.54, 1.807) is 11.9 Å². The number of hydrogen-bond donors (Lipinski definition) is 1. The fourth-order valence-corrected chi connectivity index (χ4v) is 2.90. The van der Waals surface area contributed by atoms with Crippen molar-refractivity contribution >= 4 is 17.5 Å². The van der Waals surface area contributed by atoms with E-state index in [1.165, 1.54) is 12.1 Å². The maximum absolute atomic E-state index is 13.7. The summed E-state index contributed by atoms with van der Waals surface area (Å²) in [5.41, 5.74) is 1.40. The number of nitrogens with zero attached hydrogens (tertiary/aromatic N) is 1. The molecule has 0 aromatic heterocycles. The lowest BCUT2D eigenvalue weighted by Gasteiger charge is -2.31. The van der Waals surface area contributed by atoms with E-state index >= 15 is 0 Å². The number of anilines is 1. The highest BCUT2D eigenvalue weighted by atomic mass is 19.2. The van der Waals surface area contributed by atoms with Gasteiger partial charge in [-0.05, 0) is 23.8 Å². The molecule has 0 radical (unpaired) electrons. The topological polar surface area (TPSA) is 49.4 Å². The molecule has 3 rings (SSSR count). The molecule has 0 saturated heterocycles. The van der Waals surface area contributed by atoms with Gasteiger partial charge in [-0.3, -0.25) is 9.59 Å². The molecule has 124 valence electrons. The number of para-hydroxylation sites is 1. The Morgan fingerprint density at radius 3 is 2.75 bits per heavy atom. The first kappa shape index (κ1) is 16.1. The molecule has 1 aliphatic heterocycles. The van der Waals surface area contributed by atoms with Crippen LogP contribution in [0.5, 0.6) is 0 Å². The maximum Gasteiger partial charge on any atom is 0.254 e. The molecule has 1 N–H and O–H groups in total. The van der Waals surface area contributed by atoms with Crippen LogP contribution in [0.1, 0.15) is 28.3 Å². The van der Waals surface area contributed by atoms with Crippen LogP contribution in [0, 0.1) is 11.6 Å². The molecular weight excluding hydrogens is 314 g/mol. The number of fused-ring (bicyclic) bond motifs is 1. The molecule has 0 unspecified atom stereocenters. The van der Waals surface area contributed by atoms with Crippen molar-refractivity contribution in [3.63, 3.8) is 0 Å². The van der Waals surface area contributed by atoms with E-state index in [4.69, 9.17) is 0 Å². The highest BCUT2D eigenvalue weighted by Crippen LogP contribution is 2.34. The van der Waals surface area contributed by atoms with Gasteiger partial charge in [0.2, 0.25) is 5.91 Å². The summed E-state index contributed by atoms with van der Waals surface area (Å²) in [6.07, 6.45) is 0.249. The Kier molecular flexibility index (Phi) is 4.29. The molecule has 2 amide bonds. The summed E-state index contributed by atoms with van der Waals surface area (Å²) in [6.45, 7) is 0.172. The molecule has 4 nitrogen and oxygen atoms in total. The van der Waals surface area contributed by atoms with Crippen molar-refractivity contribution in [1.82, 2.24) is 5.32 Å². The molecule has 2 aromatic carbocycles. The van der Waals surface area contributed by atoms with Crippen molar-refractivity contribution in [3.05, 3.63) is 65.2 Å². The van der Waals surface area contributed by atoms with Gasteiger partial charge in [-0.25, -0.2) is 8.78 Å². The summed E-state index contributed by atoms with van der Waals surface area (Å²) in [5, 5.41) is 2.60. The Balaban J connectivity index is 1.77. The van der Waals surface area contributed by atoms with Crippen LogP contribution in [-0.4, -0.2) is 25.4 Å². The van der Waals surface area contributed by atoms with Gasteiger partial charge in [-0.2, -0.15) is 0 Å². The summed E-state index contributed by atoms with van der Waals surface area (Å²) in [6, 6.07) is 10.9. The summed E-state index contributed by atoms with van der Waals surface area (Å²) in [7, 11) is 1.71.